The predicted octanol–water partition coefficient (Wildman–Crippen LogP) is 1.08. The quantitative estimate of drug-likeness (QED) is 0.740. The fraction of sp³-hybridized carbons (Fsp3) is 0.846. The van der Waals surface area contributed by atoms with E-state index in [0.29, 0.717) is 0 Å². The number of hydrogen-bond donors (Lipinski definition) is 2. The van der Waals surface area contributed by atoms with Crippen LogP contribution in [-0.4, -0.2) is 29.2 Å². The highest BCUT2D eigenvalue weighted by atomic mass is 16.5. The van der Waals surface area contributed by atoms with Gasteiger partial charge in [-0.3, -0.25) is 9.59 Å². The molecule has 0 aromatic rings. The number of aliphatic carboxylic acids is 1. The van der Waals surface area contributed by atoms with Crippen molar-refractivity contribution in [2.45, 2.75) is 60.1 Å². The highest BCUT2D eigenvalue weighted by Gasteiger charge is 2.38. The molecule has 0 fully saturated rings. The molecule has 106 valence electrons. The SMILES string of the molecule is CC(C)(C)C(=O)OC(CC(=O)O)C([NH3+])C(C)(C)C. The van der Waals surface area contributed by atoms with Gasteiger partial charge >= 0.3 is 11.9 Å². The second kappa shape index (κ2) is 5.69. The van der Waals surface area contributed by atoms with E-state index in [-0.39, 0.29) is 17.9 Å². The molecule has 5 heteroatoms. The number of esters is 1. The number of carbonyl (C=O) groups is 2. The Morgan fingerprint density at radius 3 is 1.89 bits per heavy atom. The Bertz CT molecular complexity index is 312. The standard InChI is InChI=1S/C13H25NO4/c1-12(2,3)10(14)8(7-9(15)16)18-11(17)13(4,5)6/h8,10H,7,14H2,1-6H3,(H,15,16)/p+1. The van der Waals surface area contributed by atoms with Crippen molar-refractivity contribution in [3.05, 3.63) is 0 Å². The lowest BCUT2D eigenvalue weighted by Crippen LogP contribution is -2.72. The zero-order chi connectivity index (χ0) is 14.7. The van der Waals surface area contributed by atoms with Crippen molar-refractivity contribution in [3.63, 3.8) is 0 Å². The third-order valence-corrected chi connectivity index (χ3v) is 2.81. The van der Waals surface area contributed by atoms with Gasteiger partial charge in [-0.1, -0.05) is 20.8 Å². The third kappa shape index (κ3) is 5.49. The van der Waals surface area contributed by atoms with E-state index in [9.17, 15) is 9.59 Å². The van der Waals surface area contributed by atoms with Crippen molar-refractivity contribution < 1.29 is 25.2 Å². The molecule has 0 spiro atoms. The van der Waals surface area contributed by atoms with Crippen molar-refractivity contribution in [2.24, 2.45) is 10.8 Å². The lowest BCUT2D eigenvalue weighted by atomic mass is 9.83. The van der Waals surface area contributed by atoms with Crippen LogP contribution in [0.5, 0.6) is 0 Å². The summed E-state index contributed by atoms with van der Waals surface area (Å²) >= 11 is 0. The van der Waals surface area contributed by atoms with E-state index in [0.717, 1.165) is 0 Å². The summed E-state index contributed by atoms with van der Waals surface area (Å²) in [5, 5.41) is 8.90. The summed E-state index contributed by atoms with van der Waals surface area (Å²) in [6, 6.07) is -0.278. The first-order valence-corrected chi connectivity index (χ1v) is 6.11. The third-order valence-electron chi connectivity index (χ3n) is 2.81. The Labute approximate surface area is 109 Å². The van der Waals surface area contributed by atoms with Crippen LogP contribution in [0.1, 0.15) is 48.0 Å². The van der Waals surface area contributed by atoms with Crippen LogP contribution in [0, 0.1) is 10.8 Å². The Kier molecular flexibility index (Phi) is 5.35. The average Bonchev–Trinajstić information content (AvgIpc) is 2.11. The number of carboxylic acids is 1. The topological polar surface area (TPSA) is 91.2 Å². The molecule has 0 radical (unpaired) electrons. The van der Waals surface area contributed by atoms with E-state index in [1.165, 1.54) is 0 Å². The summed E-state index contributed by atoms with van der Waals surface area (Å²) in [6.45, 7) is 11.1. The molecule has 2 atom stereocenters. The molecule has 0 aromatic carbocycles. The van der Waals surface area contributed by atoms with Gasteiger partial charge in [0, 0.05) is 5.41 Å². The molecule has 0 aliphatic rings. The van der Waals surface area contributed by atoms with Crippen LogP contribution >= 0.6 is 0 Å². The van der Waals surface area contributed by atoms with E-state index in [1.54, 1.807) is 20.8 Å². The molecule has 0 heterocycles. The van der Waals surface area contributed by atoms with Gasteiger partial charge in [0.15, 0.2) is 6.10 Å². The van der Waals surface area contributed by atoms with Crippen LogP contribution in [0.25, 0.3) is 0 Å². The summed E-state index contributed by atoms with van der Waals surface area (Å²) in [5.41, 5.74) is 3.09. The molecular weight excluding hydrogens is 234 g/mol. The number of carbonyl (C=O) groups excluding carboxylic acids is 1. The number of hydrogen-bond acceptors (Lipinski definition) is 3. The summed E-state index contributed by atoms with van der Waals surface area (Å²) in [6.07, 6.45) is -0.915. The van der Waals surface area contributed by atoms with Crippen molar-refractivity contribution in [1.29, 1.82) is 0 Å². The van der Waals surface area contributed by atoms with Gasteiger partial charge in [-0.25, -0.2) is 0 Å². The maximum atomic E-state index is 11.8. The van der Waals surface area contributed by atoms with Crippen LogP contribution < -0.4 is 5.73 Å². The van der Waals surface area contributed by atoms with E-state index < -0.39 is 23.5 Å². The fourth-order valence-corrected chi connectivity index (χ4v) is 1.31. The minimum absolute atomic E-state index is 0.215. The lowest BCUT2D eigenvalue weighted by molar-refractivity contribution is -0.460. The molecule has 2 unspecified atom stereocenters. The molecule has 0 saturated carbocycles. The van der Waals surface area contributed by atoms with Crippen molar-refractivity contribution in [1.82, 2.24) is 0 Å². The average molecular weight is 260 g/mol. The van der Waals surface area contributed by atoms with E-state index in [4.69, 9.17) is 9.84 Å². The number of rotatable bonds is 4. The fourth-order valence-electron chi connectivity index (χ4n) is 1.31. The minimum Gasteiger partial charge on any atom is -0.481 e. The maximum Gasteiger partial charge on any atom is 0.311 e. The molecule has 5 nitrogen and oxygen atoms in total. The second-order valence-corrected chi connectivity index (χ2v) is 6.76. The minimum atomic E-state index is -0.986. The normalized spacial score (nSPS) is 15.9. The first kappa shape index (κ1) is 16.9. The van der Waals surface area contributed by atoms with Gasteiger partial charge in [0.05, 0.1) is 11.8 Å². The van der Waals surface area contributed by atoms with Crippen LogP contribution in [0.15, 0.2) is 0 Å². The summed E-state index contributed by atoms with van der Waals surface area (Å²) < 4.78 is 5.33. The molecule has 0 saturated heterocycles. The molecule has 0 rings (SSSR count). The highest BCUT2D eigenvalue weighted by molar-refractivity contribution is 5.76. The van der Waals surface area contributed by atoms with Crippen LogP contribution in [0.3, 0.4) is 0 Å². The van der Waals surface area contributed by atoms with Crippen molar-refractivity contribution in [2.75, 3.05) is 0 Å². The zero-order valence-corrected chi connectivity index (χ0v) is 12.2. The first-order valence-electron chi connectivity index (χ1n) is 6.11. The van der Waals surface area contributed by atoms with E-state index in [1.807, 2.05) is 20.8 Å². The molecule has 18 heavy (non-hydrogen) atoms. The van der Waals surface area contributed by atoms with Gasteiger partial charge in [-0.15, -0.1) is 0 Å². The molecule has 4 N–H and O–H groups in total. The summed E-state index contributed by atoms with van der Waals surface area (Å²) in [7, 11) is 0. The molecule has 0 bridgehead atoms. The van der Waals surface area contributed by atoms with Gasteiger partial charge < -0.3 is 15.6 Å². The van der Waals surface area contributed by atoms with Gasteiger partial charge in [-0.05, 0) is 20.8 Å². The highest BCUT2D eigenvalue weighted by Crippen LogP contribution is 2.24. The monoisotopic (exact) mass is 260 g/mol. The number of carboxylic acid groups (broad SMARTS) is 1. The number of quaternary nitrogens is 1. The molecule has 0 amide bonds. The first-order chi connectivity index (χ1) is 7.85. The van der Waals surface area contributed by atoms with Gasteiger partial charge in [0.1, 0.15) is 6.04 Å². The van der Waals surface area contributed by atoms with E-state index >= 15 is 0 Å². The van der Waals surface area contributed by atoms with Crippen LogP contribution in [-0.2, 0) is 14.3 Å². The van der Waals surface area contributed by atoms with Gasteiger partial charge in [-0.2, -0.15) is 0 Å². The molecule has 0 aromatic heterocycles. The number of ether oxygens (including phenoxy) is 1. The predicted molar refractivity (Wildman–Crippen MR) is 67.7 cm³/mol. The Morgan fingerprint density at radius 2 is 1.61 bits per heavy atom. The molecular formula is C13H26NO4+. The van der Waals surface area contributed by atoms with E-state index in [2.05, 4.69) is 5.73 Å². The maximum absolute atomic E-state index is 11.8. The Balaban J connectivity index is 4.92. The smallest absolute Gasteiger partial charge is 0.311 e. The largest absolute Gasteiger partial charge is 0.481 e. The summed E-state index contributed by atoms with van der Waals surface area (Å²) in [4.78, 5) is 22.7. The Morgan fingerprint density at radius 1 is 1.17 bits per heavy atom. The summed E-state index contributed by atoms with van der Waals surface area (Å²) in [5.74, 6) is -1.38. The van der Waals surface area contributed by atoms with Gasteiger partial charge in [0.25, 0.3) is 0 Å². The van der Waals surface area contributed by atoms with Crippen molar-refractivity contribution in [3.8, 4) is 0 Å². The second-order valence-electron chi connectivity index (χ2n) is 6.76. The zero-order valence-electron chi connectivity index (χ0n) is 12.2. The molecule has 0 aliphatic heterocycles. The Hall–Kier alpha value is -1.10. The van der Waals surface area contributed by atoms with Crippen LogP contribution in [0.2, 0.25) is 0 Å². The van der Waals surface area contributed by atoms with Gasteiger partial charge in [0.2, 0.25) is 0 Å². The lowest BCUT2D eigenvalue weighted by Gasteiger charge is -2.31. The molecule has 0 aliphatic carbocycles. The van der Waals surface area contributed by atoms with Crippen LogP contribution in [0.4, 0.5) is 0 Å². The van der Waals surface area contributed by atoms with Crippen molar-refractivity contribution >= 4 is 11.9 Å².